The number of carbonyl (C=O) groups is 2. The molecular formula is C16H28N4O4. The Labute approximate surface area is 142 Å². The van der Waals surface area contributed by atoms with Gasteiger partial charge in [0, 0.05) is 39.3 Å². The van der Waals surface area contributed by atoms with Gasteiger partial charge in [0.25, 0.3) is 0 Å². The summed E-state index contributed by atoms with van der Waals surface area (Å²) in [4.78, 5) is 31.2. The van der Waals surface area contributed by atoms with Crippen LogP contribution < -0.4 is 5.73 Å². The average molecular weight is 340 g/mol. The third-order valence-corrected chi connectivity index (χ3v) is 5.09. The summed E-state index contributed by atoms with van der Waals surface area (Å²) in [5.74, 6) is -0.0578. The molecule has 3 aliphatic rings. The van der Waals surface area contributed by atoms with Crippen molar-refractivity contribution < 1.29 is 19.1 Å². The van der Waals surface area contributed by atoms with E-state index >= 15 is 0 Å². The molecule has 3 fully saturated rings. The van der Waals surface area contributed by atoms with E-state index in [0.717, 1.165) is 32.8 Å². The fourth-order valence-electron chi connectivity index (χ4n) is 3.57. The van der Waals surface area contributed by atoms with Gasteiger partial charge in [0.15, 0.2) is 0 Å². The van der Waals surface area contributed by atoms with Gasteiger partial charge in [0.05, 0.1) is 32.5 Å². The summed E-state index contributed by atoms with van der Waals surface area (Å²) in [7, 11) is 0. The highest BCUT2D eigenvalue weighted by Crippen LogP contribution is 2.19. The second-order valence-corrected chi connectivity index (χ2v) is 6.62. The minimum absolute atomic E-state index is 0.0361. The van der Waals surface area contributed by atoms with Gasteiger partial charge in [-0.05, 0) is 12.8 Å². The monoisotopic (exact) mass is 340 g/mol. The first kappa shape index (κ1) is 17.6. The fourth-order valence-corrected chi connectivity index (χ4v) is 3.57. The second-order valence-electron chi connectivity index (χ2n) is 6.62. The molecule has 3 saturated heterocycles. The predicted molar refractivity (Wildman–Crippen MR) is 87.4 cm³/mol. The van der Waals surface area contributed by atoms with Gasteiger partial charge in [-0.3, -0.25) is 14.5 Å². The Morgan fingerprint density at radius 3 is 2.29 bits per heavy atom. The second kappa shape index (κ2) is 8.24. The molecule has 0 spiro atoms. The van der Waals surface area contributed by atoms with Crippen LogP contribution in [0.2, 0.25) is 0 Å². The molecule has 8 nitrogen and oxygen atoms in total. The number of hydrogen-bond acceptors (Lipinski definition) is 6. The van der Waals surface area contributed by atoms with Crippen LogP contribution in [0.1, 0.15) is 12.8 Å². The topological polar surface area (TPSA) is 88.3 Å². The first-order valence-electron chi connectivity index (χ1n) is 8.89. The van der Waals surface area contributed by atoms with E-state index < -0.39 is 12.1 Å². The Bertz CT molecular complexity index is 449. The summed E-state index contributed by atoms with van der Waals surface area (Å²) in [6, 6.07) is -0.875. The highest BCUT2D eigenvalue weighted by Gasteiger charge is 2.39. The largest absolute Gasteiger partial charge is 0.379 e. The van der Waals surface area contributed by atoms with Crippen LogP contribution in [0.25, 0.3) is 0 Å². The van der Waals surface area contributed by atoms with Crippen LogP contribution in [-0.2, 0) is 19.1 Å². The number of nitrogens with two attached hydrogens (primary N) is 1. The van der Waals surface area contributed by atoms with Crippen molar-refractivity contribution >= 4 is 11.8 Å². The Morgan fingerprint density at radius 1 is 1.08 bits per heavy atom. The number of amides is 2. The predicted octanol–water partition coefficient (Wildman–Crippen LogP) is -1.50. The maximum Gasteiger partial charge on any atom is 0.245 e. The van der Waals surface area contributed by atoms with Crippen molar-refractivity contribution in [2.24, 2.45) is 5.73 Å². The van der Waals surface area contributed by atoms with Gasteiger partial charge in [-0.15, -0.1) is 0 Å². The molecule has 2 N–H and O–H groups in total. The van der Waals surface area contributed by atoms with E-state index in [4.69, 9.17) is 15.2 Å². The molecule has 3 aliphatic heterocycles. The summed E-state index contributed by atoms with van der Waals surface area (Å²) in [5.41, 5.74) is 5.86. The standard InChI is InChI=1S/C16H28N4O4/c17-13-1-4-20(15(13)21)14(2-3-18-5-9-23-10-6-18)16(22)19-7-11-24-12-8-19/h13-14H,1-12,17H2/t13-,14-/m0/s1. The Balaban J connectivity index is 1.65. The van der Waals surface area contributed by atoms with Gasteiger partial charge in [0.1, 0.15) is 6.04 Å². The maximum atomic E-state index is 13.0. The molecule has 2 atom stereocenters. The Morgan fingerprint density at radius 2 is 1.71 bits per heavy atom. The lowest BCUT2D eigenvalue weighted by Gasteiger charge is -2.36. The minimum Gasteiger partial charge on any atom is -0.379 e. The SMILES string of the molecule is N[C@H]1CCN([C@@H](CCN2CCOCC2)C(=O)N2CCOCC2)C1=O. The van der Waals surface area contributed by atoms with Gasteiger partial charge >= 0.3 is 0 Å². The third-order valence-electron chi connectivity index (χ3n) is 5.09. The van der Waals surface area contributed by atoms with Crippen LogP contribution in [0, 0.1) is 0 Å². The molecule has 0 aromatic carbocycles. The zero-order valence-corrected chi connectivity index (χ0v) is 14.2. The highest BCUT2D eigenvalue weighted by atomic mass is 16.5. The summed E-state index contributed by atoms with van der Waals surface area (Å²) < 4.78 is 10.7. The molecular weight excluding hydrogens is 312 g/mol. The van der Waals surface area contributed by atoms with Gasteiger partial charge in [0.2, 0.25) is 11.8 Å². The number of hydrogen-bond donors (Lipinski definition) is 1. The summed E-state index contributed by atoms with van der Waals surface area (Å²) >= 11 is 0. The molecule has 0 aromatic rings. The van der Waals surface area contributed by atoms with Crippen molar-refractivity contribution in [1.82, 2.24) is 14.7 Å². The van der Waals surface area contributed by atoms with Gasteiger partial charge < -0.3 is 25.0 Å². The summed E-state index contributed by atoms with van der Waals surface area (Å²) in [6.45, 7) is 6.92. The first-order valence-corrected chi connectivity index (χ1v) is 8.89. The fraction of sp³-hybridized carbons (Fsp3) is 0.875. The number of nitrogens with zero attached hydrogens (tertiary/aromatic N) is 3. The van der Waals surface area contributed by atoms with Crippen molar-refractivity contribution in [3.8, 4) is 0 Å². The van der Waals surface area contributed by atoms with Crippen molar-refractivity contribution in [3.63, 3.8) is 0 Å². The zero-order chi connectivity index (χ0) is 16.9. The van der Waals surface area contributed by atoms with Crippen LogP contribution >= 0.6 is 0 Å². The molecule has 0 unspecified atom stereocenters. The summed E-state index contributed by atoms with van der Waals surface area (Å²) in [6.07, 6.45) is 1.28. The molecule has 8 heteroatoms. The van der Waals surface area contributed by atoms with Gasteiger partial charge in [-0.1, -0.05) is 0 Å². The van der Waals surface area contributed by atoms with Crippen LogP contribution in [0.5, 0.6) is 0 Å². The molecule has 0 aromatic heterocycles. The Kier molecular flexibility index (Phi) is 6.04. The molecule has 0 bridgehead atoms. The van der Waals surface area contributed by atoms with E-state index in [9.17, 15) is 9.59 Å². The quantitative estimate of drug-likeness (QED) is 0.655. The van der Waals surface area contributed by atoms with E-state index in [1.54, 1.807) is 4.90 Å². The highest BCUT2D eigenvalue weighted by molar-refractivity contribution is 5.91. The van der Waals surface area contributed by atoms with Gasteiger partial charge in [-0.25, -0.2) is 0 Å². The van der Waals surface area contributed by atoms with Crippen LogP contribution in [0.4, 0.5) is 0 Å². The van der Waals surface area contributed by atoms with Crippen molar-refractivity contribution in [3.05, 3.63) is 0 Å². The number of ether oxygens (including phenoxy) is 2. The number of likely N-dealkylation sites (tertiary alicyclic amines) is 1. The van der Waals surface area contributed by atoms with Crippen LogP contribution in [0.15, 0.2) is 0 Å². The first-order chi connectivity index (χ1) is 11.7. The normalized spacial score (nSPS) is 27.5. The van der Waals surface area contributed by atoms with Crippen molar-refractivity contribution in [1.29, 1.82) is 0 Å². The number of rotatable bonds is 5. The van der Waals surface area contributed by atoms with Crippen molar-refractivity contribution in [2.45, 2.75) is 24.9 Å². The van der Waals surface area contributed by atoms with Crippen LogP contribution in [0.3, 0.4) is 0 Å². The van der Waals surface area contributed by atoms with Crippen LogP contribution in [-0.4, -0.2) is 104 Å². The van der Waals surface area contributed by atoms with Gasteiger partial charge in [-0.2, -0.15) is 0 Å². The van der Waals surface area contributed by atoms with E-state index in [1.807, 2.05) is 4.90 Å². The smallest absolute Gasteiger partial charge is 0.245 e. The molecule has 0 saturated carbocycles. The molecule has 3 rings (SSSR count). The average Bonchev–Trinajstić information content (AvgIpc) is 2.96. The molecule has 0 radical (unpaired) electrons. The molecule has 24 heavy (non-hydrogen) atoms. The third kappa shape index (κ3) is 4.05. The van der Waals surface area contributed by atoms with E-state index in [2.05, 4.69) is 4.90 Å². The molecule has 2 amide bonds. The number of morpholine rings is 2. The lowest BCUT2D eigenvalue weighted by Crippen LogP contribution is -2.54. The zero-order valence-electron chi connectivity index (χ0n) is 14.2. The maximum absolute atomic E-state index is 13.0. The van der Waals surface area contributed by atoms with E-state index in [0.29, 0.717) is 45.7 Å². The Hall–Kier alpha value is -1.22. The number of carbonyl (C=O) groups excluding carboxylic acids is 2. The van der Waals surface area contributed by atoms with E-state index in [1.165, 1.54) is 0 Å². The molecule has 136 valence electrons. The molecule has 0 aliphatic carbocycles. The van der Waals surface area contributed by atoms with E-state index in [-0.39, 0.29) is 11.8 Å². The summed E-state index contributed by atoms with van der Waals surface area (Å²) in [5, 5.41) is 0. The minimum atomic E-state index is -0.464. The molecule has 3 heterocycles. The lowest BCUT2D eigenvalue weighted by molar-refractivity contribution is -0.147. The lowest BCUT2D eigenvalue weighted by atomic mass is 10.1. The van der Waals surface area contributed by atoms with Crippen molar-refractivity contribution in [2.75, 3.05) is 65.7 Å².